The van der Waals surface area contributed by atoms with Gasteiger partial charge in [0.2, 0.25) is 17.7 Å². The van der Waals surface area contributed by atoms with E-state index in [0.717, 1.165) is 10.5 Å². The molecule has 0 radical (unpaired) electrons. The van der Waals surface area contributed by atoms with E-state index in [1.54, 1.807) is 65.6 Å². The molecule has 2 saturated heterocycles. The number of amidine groups is 1. The molecule has 2 fully saturated rings. The van der Waals surface area contributed by atoms with Crippen molar-refractivity contribution < 1.29 is 24.3 Å². The summed E-state index contributed by atoms with van der Waals surface area (Å²) in [6, 6.07) is 23.8. The summed E-state index contributed by atoms with van der Waals surface area (Å²) in [5.74, 6) is -5.30. The summed E-state index contributed by atoms with van der Waals surface area (Å²) in [6.45, 7) is -0.0519. The SMILES string of the molecule is N=C(N)c1ccc(C2C3C(=O)N(Cc4ccccc4)C(=O)C3C(Cc3ccccc3)(C(=O)O)N2CCC(N)=O)cc1. The number of hydrogen-bond donors (Lipinski definition) is 4. The fraction of sp³-hybridized carbons (Fsp3) is 0.258. The molecule has 2 aliphatic rings. The minimum absolute atomic E-state index is 0.0177. The first kappa shape index (κ1) is 27.7. The number of nitrogens with two attached hydrogens (primary N) is 2. The van der Waals surface area contributed by atoms with Crippen LogP contribution in [0.25, 0.3) is 0 Å². The highest BCUT2D eigenvalue weighted by Gasteiger charge is 2.71. The number of aliphatic carboxylic acids is 1. The minimum atomic E-state index is -1.84. The van der Waals surface area contributed by atoms with Crippen molar-refractivity contribution in [3.63, 3.8) is 0 Å². The van der Waals surface area contributed by atoms with Crippen LogP contribution in [0.1, 0.15) is 34.7 Å². The Balaban J connectivity index is 1.69. The molecule has 3 aromatic rings. The monoisotopic (exact) mass is 553 g/mol. The van der Waals surface area contributed by atoms with E-state index in [-0.39, 0.29) is 31.8 Å². The maximum absolute atomic E-state index is 14.2. The number of imide groups is 1. The minimum Gasteiger partial charge on any atom is -0.480 e. The number of primary amides is 1. The van der Waals surface area contributed by atoms with Crippen molar-refractivity contribution in [2.75, 3.05) is 6.54 Å². The third-order valence-electron chi connectivity index (χ3n) is 8.18. The summed E-state index contributed by atoms with van der Waals surface area (Å²) in [6.07, 6.45) is -0.231. The van der Waals surface area contributed by atoms with Gasteiger partial charge in [0.15, 0.2) is 0 Å². The molecule has 41 heavy (non-hydrogen) atoms. The molecule has 0 spiro atoms. The van der Waals surface area contributed by atoms with Gasteiger partial charge in [0.1, 0.15) is 11.4 Å². The Labute approximate surface area is 237 Å². The van der Waals surface area contributed by atoms with E-state index >= 15 is 0 Å². The molecule has 4 atom stereocenters. The third kappa shape index (κ3) is 4.87. The molecule has 10 nitrogen and oxygen atoms in total. The maximum atomic E-state index is 14.2. The van der Waals surface area contributed by atoms with Gasteiger partial charge in [-0.3, -0.25) is 34.4 Å². The largest absolute Gasteiger partial charge is 0.480 e. The van der Waals surface area contributed by atoms with Crippen molar-refractivity contribution in [1.29, 1.82) is 5.41 Å². The number of nitrogens with one attached hydrogen (secondary N) is 1. The Morgan fingerprint density at radius 3 is 1.98 bits per heavy atom. The quantitative estimate of drug-likeness (QED) is 0.169. The molecule has 0 aromatic heterocycles. The van der Waals surface area contributed by atoms with Crippen molar-refractivity contribution in [3.05, 3.63) is 107 Å². The number of carboxylic acids is 1. The highest BCUT2D eigenvalue weighted by Crippen LogP contribution is 2.56. The number of carbonyl (C=O) groups excluding carboxylic acids is 3. The van der Waals surface area contributed by atoms with Crippen LogP contribution in [-0.2, 0) is 32.1 Å². The zero-order chi connectivity index (χ0) is 29.3. The van der Waals surface area contributed by atoms with Gasteiger partial charge in [0, 0.05) is 31.0 Å². The Kier molecular flexibility index (Phi) is 7.42. The van der Waals surface area contributed by atoms with E-state index in [2.05, 4.69) is 0 Å². The topological polar surface area (TPSA) is 171 Å². The second-order valence-corrected chi connectivity index (χ2v) is 10.5. The van der Waals surface area contributed by atoms with Crippen LogP contribution in [0.3, 0.4) is 0 Å². The number of carboxylic acid groups (broad SMARTS) is 1. The zero-order valence-corrected chi connectivity index (χ0v) is 22.3. The number of likely N-dealkylation sites (tertiary alicyclic amines) is 2. The van der Waals surface area contributed by atoms with Crippen molar-refractivity contribution in [3.8, 4) is 0 Å². The standard InChI is InChI=1S/C31H31N5O5/c32-23(37)15-16-36-26(21-11-13-22(14-12-21)27(33)34)24-25(31(36,30(40)41)17-19-7-3-1-4-8-19)29(39)35(28(24)38)18-20-9-5-2-6-10-20/h1-14,24-26H,15-18H2,(H2,32,37)(H3,33,34)(H,40,41). The maximum Gasteiger partial charge on any atom is 0.325 e. The molecule has 3 amide bonds. The number of amides is 3. The molecule has 3 aromatic carbocycles. The number of carbonyl (C=O) groups is 4. The second kappa shape index (κ2) is 11.0. The normalized spacial score (nSPS) is 23.9. The van der Waals surface area contributed by atoms with Gasteiger partial charge < -0.3 is 16.6 Å². The lowest BCUT2D eigenvalue weighted by molar-refractivity contribution is -0.159. The predicted molar refractivity (Wildman–Crippen MR) is 150 cm³/mol. The van der Waals surface area contributed by atoms with E-state index in [0.29, 0.717) is 16.7 Å². The number of fused-ring (bicyclic) bond motifs is 1. The third-order valence-corrected chi connectivity index (χ3v) is 8.18. The summed E-state index contributed by atoms with van der Waals surface area (Å²) in [5, 5.41) is 18.7. The van der Waals surface area contributed by atoms with Crippen LogP contribution < -0.4 is 11.5 Å². The van der Waals surface area contributed by atoms with Gasteiger partial charge in [0.05, 0.1) is 18.4 Å². The first-order chi connectivity index (χ1) is 19.6. The predicted octanol–water partition coefficient (Wildman–Crippen LogP) is 2.07. The molecule has 4 unspecified atom stereocenters. The van der Waals surface area contributed by atoms with Gasteiger partial charge in [0.25, 0.3) is 0 Å². The van der Waals surface area contributed by atoms with Crippen molar-refractivity contribution in [1.82, 2.24) is 9.80 Å². The van der Waals surface area contributed by atoms with E-state index < -0.39 is 47.1 Å². The molecule has 0 bridgehead atoms. The van der Waals surface area contributed by atoms with Crippen LogP contribution >= 0.6 is 0 Å². The number of hydrogen-bond acceptors (Lipinski definition) is 6. The molecule has 6 N–H and O–H groups in total. The molecule has 10 heteroatoms. The summed E-state index contributed by atoms with van der Waals surface area (Å²) in [4.78, 5) is 56.6. The average molecular weight is 554 g/mol. The summed E-state index contributed by atoms with van der Waals surface area (Å²) in [5.41, 5.74) is 11.8. The first-order valence-electron chi connectivity index (χ1n) is 13.3. The summed E-state index contributed by atoms with van der Waals surface area (Å²) in [7, 11) is 0. The van der Waals surface area contributed by atoms with Crippen LogP contribution in [0.15, 0.2) is 84.9 Å². The summed E-state index contributed by atoms with van der Waals surface area (Å²) >= 11 is 0. The Bertz CT molecular complexity index is 1490. The van der Waals surface area contributed by atoms with Crippen molar-refractivity contribution in [2.24, 2.45) is 23.3 Å². The van der Waals surface area contributed by atoms with Crippen LogP contribution in [0.2, 0.25) is 0 Å². The Hall–Kier alpha value is -4.83. The van der Waals surface area contributed by atoms with Crippen molar-refractivity contribution >= 4 is 29.5 Å². The van der Waals surface area contributed by atoms with Crippen LogP contribution in [0, 0.1) is 17.2 Å². The van der Waals surface area contributed by atoms with Gasteiger partial charge in [-0.1, -0.05) is 84.9 Å². The lowest BCUT2D eigenvalue weighted by Gasteiger charge is -2.41. The molecular weight excluding hydrogens is 522 g/mol. The van der Waals surface area contributed by atoms with Crippen LogP contribution in [-0.4, -0.2) is 56.5 Å². The Morgan fingerprint density at radius 1 is 0.854 bits per heavy atom. The number of rotatable bonds is 10. The highest BCUT2D eigenvalue weighted by molar-refractivity contribution is 6.09. The first-order valence-corrected chi connectivity index (χ1v) is 13.3. The van der Waals surface area contributed by atoms with E-state index in [1.807, 2.05) is 24.3 Å². The Morgan fingerprint density at radius 2 is 1.44 bits per heavy atom. The van der Waals surface area contributed by atoms with Crippen LogP contribution in [0.5, 0.6) is 0 Å². The van der Waals surface area contributed by atoms with Crippen LogP contribution in [0.4, 0.5) is 0 Å². The van der Waals surface area contributed by atoms with E-state index in [4.69, 9.17) is 16.9 Å². The molecule has 0 saturated carbocycles. The average Bonchev–Trinajstić information content (AvgIpc) is 3.38. The molecule has 5 rings (SSSR count). The molecule has 210 valence electrons. The smallest absolute Gasteiger partial charge is 0.325 e. The second-order valence-electron chi connectivity index (χ2n) is 10.5. The lowest BCUT2D eigenvalue weighted by atomic mass is 9.75. The number of nitrogen functional groups attached to an aromatic ring is 1. The fourth-order valence-corrected chi connectivity index (χ4v) is 6.38. The zero-order valence-electron chi connectivity index (χ0n) is 22.3. The molecule has 2 aliphatic heterocycles. The lowest BCUT2D eigenvalue weighted by Crippen LogP contribution is -2.59. The highest BCUT2D eigenvalue weighted by atomic mass is 16.4. The molecular formula is C31H31N5O5. The summed E-state index contributed by atoms with van der Waals surface area (Å²) < 4.78 is 0. The van der Waals surface area contributed by atoms with Gasteiger partial charge in [-0.15, -0.1) is 0 Å². The molecule has 0 aliphatic carbocycles. The van der Waals surface area contributed by atoms with Gasteiger partial charge >= 0.3 is 5.97 Å². The number of nitrogens with zero attached hydrogens (tertiary/aromatic N) is 2. The fourth-order valence-electron chi connectivity index (χ4n) is 6.38. The van der Waals surface area contributed by atoms with E-state index in [1.165, 1.54) is 0 Å². The van der Waals surface area contributed by atoms with Crippen molar-refractivity contribution in [2.45, 2.75) is 31.0 Å². The van der Waals surface area contributed by atoms with Gasteiger partial charge in [-0.25, -0.2) is 0 Å². The van der Waals surface area contributed by atoms with Gasteiger partial charge in [-0.05, 0) is 16.7 Å². The molecule has 2 heterocycles. The van der Waals surface area contributed by atoms with E-state index in [9.17, 15) is 24.3 Å². The number of benzene rings is 3. The van der Waals surface area contributed by atoms with Gasteiger partial charge in [-0.2, -0.15) is 0 Å².